The summed E-state index contributed by atoms with van der Waals surface area (Å²) in [5, 5.41) is 7.65. The van der Waals surface area contributed by atoms with Crippen molar-refractivity contribution in [3.05, 3.63) is 47.0 Å². The van der Waals surface area contributed by atoms with E-state index in [4.69, 9.17) is 0 Å². The van der Waals surface area contributed by atoms with Gasteiger partial charge in [-0.15, -0.1) is 0 Å². The summed E-state index contributed by atoms with van der Waals surface area (Å²) in [5.41, 5.74) is 4.01. The Kier molecular flexibility index (Phi) is 4.32. The van der Waals surface area contributed by atoms with E-state index in [1.54, 1.807) is 6.33 Å². The van der Waals surface area contributed by atoms with Crippen LogP contribution in [0.1, 0.15) is 35.5 Å². The molecule has 1 atom stereocenters. The van der Waals surface area contributed by atoms with Crippen molar-refractivity contribution in [2.75, 3.05) is 7.05 Å². The van der Waals surface area contributed by atoms with Crippen LogP contribution in [0.3, 0.4) is 0 Å². The lowest BCUT2D eigenvalue weighted by Crippen LogP contribution is -2.22. The molecule has 0 aliphatic carbocycles. The Morgan fingerprint density at radius 2 is 1.95 bits per heavy atom. The summed E-state index contributed by atoms with van der Waals surface area (Å²) in [6.07, 6.45) is 2.49. The summed E-state index contributed by atoms with van der Waals surface area (Å²) >= 11 is 0. The molecule has 0 amide bonds. The van der Waals surface area contributed by atoms with Crippen LogP contribution >= 0.6 is 0 Å². The highest BCUT2D eigenvalue weighted by molar-refractivity contribution is 5.36. The molecule has 1 heterocycles. The third-order valence-electron chi connectivity index (χ3n) is 3.62. The van der Waals surface area contributed by atoms with Crippen LogP contribution in [0.5, 0.6) is 0 Å². The smallest absolute Gasteiger partial charge is 0.138 e. The molecule has 0 saturated heterocycles. The highest BCUT2D eigenvalue weighted by Gasteiger charge is 2.17. The number of nitrogens with zero attached hydrogens (tertiary/aromatic N) is 3. The number of aryl methyl sites for hydroxylation is 3. The molecule has 102 valence electrons. The van der Waals surface area contributed by atoms with Crippen LogP contribution in [-0.4, -0.2) is 21.8 Å². The van der Waals surface area contributed by atoms with Crippen molar-refractivity contribution in [2.45, 2.75) is 39.8 Å². The average Bonchev–Trinajstić information content (AvgIpc) is 2.84. The molecule has 2 aromatic rings. The van der Waals surface area contributed by atoms with Gasteiger partial charge in [0.1, 0.15) is 12.2 Å². The lowest BCUT2D eigenvalue weighted by Gasteiger charge is -2.21. The number of hydrogen-bond donors (Lipinski definition) is 1. The Morgan fingerprint density at radius 3 is 2.53 bits per heavy atom. The number of nitrogens with one attached hydrogen (secondary N) is 1. The van der Waals surface area contributed by atoms with Crippen LogP contribution in [0.15, 0.2) is 24.5 Å². The van der Waals surface area contributed by atoms with Crippen molar-refractivity contribution in [1.29, 1.82) is 0 Å². The van der Waals surface area contributed by atoms with Crippen molar-refractivity contribution in [3.63, 3.8) is 0 Å². The normalized spacial score (nSPS) is 12.6. The molecule has 2 rings (SSSR count). The van der Waals surface area contributed by atoms with E-state index in [0.29, 0.717) is 0 Å². The van der Waals surface area contributed by atoms with E-state index >= 15 is 0 Å². The topological polar surface area (TPSA) is 42.7 Å². The van der Waals surface area contributed by atoms with Gasteiger partial charge in [0, 0.05) is 19.0 Å². The summed E-state index contributed by atoms with van der Waals surface area (Å²) in [5.74, 6) is 1.03. The SMILES string of the molecule is CCn1ncnc1CC(NC)c1c(C)cccc1C. The quantitative estimate of drug-likeness (QED) is 0.895. The monoisotopic (exact) mass is 258 g/mol. The minimum atomic E-state index is 0.274. The van der Waals surface area contributed by atoms with Gasteiger partial charge in [-0.25, -0.2) is 4.98 Å². The van der Waals surface area contributed by atoms with Crippen LogP contribution in [0.4, 0.5) is 0 Å². The zero-order chi connectivity index (χ0) is 13.8. The van der Waals surface area contributed by atoms with Gasteiger partial charge in [-0.3, -0.25) is 4.68 Å². The molecule has 0 aliphatic heterocycles. The Balaban J connectivity index is 2.30. The Labute approximate surface area is 114 Å². The molecule has 0 fully saturated rings. The van der Waals surface area contributed by atoms with Crippen LogP contribution in [0.25, 0.3) is 0 Å². The fourth-order valence-corrected chi connectivity index (χ4v) is 2.62. The second-order valence-corrected chi connectivity index (χ2v) is 4.84. The Morgan fingerprint density at radius 1 is 1.26 bits per heavy atom. The molecule has 1 aromatic heterocycles. The first-order valence-electron chi connectivity index (χ1n) is 6.77. The van der Waals surface area contributed by atoms with E-state index in [1.807, 2.05) is 11.7 Å². The van der Waals surface area contributed by atoms with Gasteiger partial charge < -0.3 is 5.32 Å². The lowest BCUT2D eigenvalue weighted by molar-refractivity contribution is 0.530. The van der Waals surface area contributed by atoms with Gasteiger partial charge in [-0.1, -0.05) is 18.2 Å². The number of benzene rings is 1. The van der Waals surface area contributed by atoms with E-state index in [0.717, 1.165) is 18.8 Å². The van der Waals surface area contributed by atoms with Crippen LogP contribution in [0, 0.1) is 13.8 Å². The Bertz CT molecular complexity index is 525. The fraction of sp³-hybridized carbons (Fsp3) is 0.467. The van der Waals surface area contributed by atoms with Crippen molar-refractivity contribution in [3.8, 4) is 0 Å². The molecule has 0 spiro atoms. The fourth-order valence-electron chi connectivity index (χ4n) is 2.62. The van der Waals surface area contributed by atoms with Crippen molar-refractivity contribution in [2.24, 2.45) is 0 Å². The molecule has 1 unspecified atom stereocenters. The van der Waals surface area contributed by atoms with E-state index in [9.17, 15) is 0 Å². The Hall–Kier alpha value is -1.68. The number of aromatic nitrogens is 3. The van der Waals surface area contributed by atoms with Gasteiger partial charge in [0.05, 0.1) is 0 Å². The molecular formula is C15H22N4. The molecule has 0 saturated carbocycles. The highest BCUT2D eigenvalue weighted by Crippen LogP contribution is 2.24. The van der Waals surface area contributed by atoms with Crippen molar-refractivity contribution >= 4 is 0 Å². The third kappa shape index (κ3) is 2.84. The largest absolute Gasteiger partial charge is 0.313 e. The number of likely N-dealkylation sites (N-methyl/N-ethyl adjacent to an activating group) is 1. The minimum Gasteiger partial charge on any atom is -0.313 e. The predicted octanol–water partition coefficient (Wildman–Crippen LogP) is 2.42. The van der Waals surface area contributed by atoms with Crippen molar-refractivity contribution < 1.29 is 0 Å². The van der Waals surface area contributed by atoms with Gasteiger partial charge >= 0.3 is 0 Å². The van der Waals surface area contributed by atoms with Crippen LogP contribution < -0.4 is 5.32 Å². The standard InChI is InChI=1S/C15H22N4/c1-5-19-14(17-10-18-19)9-13(16-4)15-11(2)7-6-8-12(15)3/h6-8,10,13,16H,5,9H2,1-4H3. The zero-order valence-corrected chi connectivity index (χ0v) is 12.1. The van der Waals surface area contributed by atoms with Gasteiger partial charge in [-0.05, 0) is 44.5 Å². The van der Waals surface area contributed by atoms with E-state index in [1.165, 1.54) is 16.7 Å². The number of rotatable bonds is 5. The average molecular weight is 258 g/mol. The molecule has 0 bridgehead atoms. The van der Waals surface area contributed by atoms with E-state index in [-0.39, 0.29) is 6.04 Å². The molecule has 19 heavy (non-hydrogen) atoms. The molecule has 4 nitrogen and oxygen atoms in total. The summed E-state index contributed by atoms with van der Waals surface area (Å²) in [4.78, 5) is 4.37. The zero-order valence-electron chi connectivity index (χ0n) is 12.1. The van der Waals surface area contributed by atoms with Gasteiger partial charge in [-0.2, -0.15) is 5.10 Å². The van der Waals surface area contributed by atoms with E-state index < -0.39 is 0 Å². The molecule has 1 N–H and O–H groups in total. The maximum absolute atomic E-state index is 4.37. The first-order valence-corrected chi connectivity index (χ1v) is 6.77. The maximum Gasteiger partial charge on any atom is 0.138 e. The summed E-state index contributed by atoms with van der Waals surface area (Å²) < 4.78 is 1.96. The van der Waals surface area contributed by atoms with Gasteiger partial charge in [0.25, 0.3) is 0 Å². The molecular weight excluding hydrogens is 236 g/mol. The lowest BCUT2D eigenvalue weighted by atomic mass is 9.94. The molecule has 0 radical (unpaired) electrons. The predicted molar refractivity (Wildman–Crippen MR) is 77.1 cm³/mol. The highest BCUT2D eigenvalue weighted by atomic mass is 15.3. The van der Waals surface area contributed by atoms with Gasteiger partial charge in [0.2, 0.25) is 0 Å². The van der Waals surface area contributed by atoms with Crippen molar-refractivity contribution in [1.82, 2.24) is 20.1 Å². The summed E-state index contributed by atoms with van der Waals surface area (Å²) in [6.45, 7) is 7.28. The maximum atomic E-state index is 4.37. The molecule has 4 heteroatoms. The summed E-state index contributed by atoms with van der Waals surface area (Å²) in [7, 11) is 2.00. The molecule has 1 aromatic carbocycles. The minimum absolute atomic E-state index is 0.274. The summed E-state index contributed by atoms with van der Waals surface area (Å²) in [6, 6.07) is 6.71. The molecule has 0 aliphatic rings. The van der Waals surface area contributed by atoms with E-state index in [2.05, 4.69) is 54.4 Å². The van der Waals surface area contributed by atoms with Crippen LogP contribution in [0.2, 0.25) is 0 Å². The first kappa shape index (κ1) is 13.7. The van der Waals surface area contributed by atoms with Gasteiger partial charge in [0.15, 0.2) is 0 Å². The second kappa shape index (κ2) is 5.97. The number of hydrogen-bond acceptors (Lipinski definition) is 3. The second-order valence-electron chi connectivity index (χ2n) is 4.84. The van der Waals surface area contributed by atoms with Crippen LogP contribution in [-0.2, 0) is 13.0 Å². The first-order chi connectivity index (χ1) is 9.17. The third-order valence-corrected chi connectivity index (χ3v) is 3.62.